The fraction of sp³-hybridized carbons (Fsp3) is 0.333. The lowest BCUT2D eigenvalue weighted by Gasteiger charge is -2.11. The smallest absolute Gasteiger partial charge is 0.147 e. The molecule has 1 N–H and O–H groups in total. The maximum Gasteiger partial charge on any atom is 0.147 e. The third-order valence-electron chi connectivity index (χ3n) is 1.99. The van der Waals surface area contributed by atoms with Crippen LogP contribution in [0.25, 0.3) is 0 Å². The van der Waals surface area contributed by atoms with Gasteiger partial charge in [-0.3, -0.25) is 0 Å². The van der Waals surface area contributed by atoms with Gasteiger partial charge in [0, 0.05) is 17.6 Å². The summed E-state index contributed by atoms with van der Waals surface area (Å²) >= 11 is 10.3. The second kappa shape index (κ2) is 7.56. The minimum Gasteiger partial charge on any atom is -0.492 e. The van der Waals surface area contributed by atoms with E-state index in [1.165, 1.54) is 5.56 Å². The van der Waals surface area contributed by atoms with Gasteiger partial charge in [-0.15, -0.1) is 0 Å². The average Bonchev–Trinajstić information content (AvgIpc) is 2.23. The van der Waals surface area contributed by atoms with E-state index in [2.05, 4.69) is 71.8 Å². The molecule has 0 saturated carbocycles. The minimum absolute atomic E-state index is 0.651. The molecule has 1 aromatic carbocycles. The zero-order valence-corrected chi connectivity index (χ0v) is 14.3. The Bertz CT molecular complexity index is 384. The summed E-state index contributed by atoms with van der Waals surface area (Å²) in [5.74, 6) is 0.848. The third kappa shape index (κ3) is 5.12. The Morgan fingerprint density at radius 2 is 1.94 bits per heavy atom. The quantitative estimate of drug-likeness (QED) is 0.715. The largest absolute Gasteiger partial charge is 0.492 e. The number of ether oxygens (including phenoxy) is 1. The number of hydrogen-bond donors (Lipinski definition) is 1. The van der Waals surface area contributed by atoms with Crippen molar-refractivity contribution in [2.45, 2.75) is 13.5 Å². The molecule has 0 fully saturated rings. The standard InChI is InChI=1S/C12H14Br3NO/c1-3-17-12-10(14)4-9(5-11(12)15)7-16-6-8(2)13/h4-5,16H,2-3,6-7H2,1H3. The van der Waals surface area contributed by atoms with E-state index in [-0.39, 0.29) is 0 Å². The van der Waals surface area contributed by atoms with Gasteiger partial charge in [-0.25, -0.2) is 0 Å². The number of hydrogen-bond acceptors (Lipinski definition) is 2. The first-order valence-electron chi connectivity index (χ1n) is 5.19. The number of halogens is 3. The first-order valence-corrected chi connectivity index (χ1v) is 7.57. The van der Waals surface area contributed by atoms with Gasteiger partial charge in [0.1, 0.15) is 5.75 Å². The predicted molar refractivity (Wildman–Crippen MR) is 82.8 cm³/mol. The van der Waals surface area contributed by atoms with Crippen LogP contribution in [0.15, 0.2) is 32.1 Å². The van der Waals surface area contributed by atoms with Gasteiger partial charge in [0.05, 0.1) is 15.6 Å². The van der Waals surface area contributed by atoms with Crippen molar-refractivity contribution in [1.82, 2.24) is 5.32 Å². The monoisotopic (exact) mass is 425 g/mol. The molecule has 5 heteroatoms. The SMILES string of the molecule is C=C(Br)CNCc1cc(Br)c(OCC)c(Br)c1. The second-order valence-electron chi connectivity index (χ2n) is 3.44. The molecule has 1 rings (SSSR count). The van der Waals surface area contributed by atoms with E-state index in [1.54, 1.807) is 0 Å². The second-order valence-corrected chi connectivity index (χ2v) is 6.27. The molecule has 0 atom stereocenters. The Kier molecular flexibility index (Phi) is 6.77. The van der Waals surface area contributed by atoms with Gasteiger partial charge in [0.15, 0.2) is 0 Å². The van der Waals surface area contributed by atoms with Gasteiger partial charge >= 0.3 is 0 Å². The maximum absolute atomic E-state index is 5.53. The molecule has 0 saturated heterocycles. The molecule has 2 nitrogen and oxygen atoms in total. The lowest BCUT2D eigenvalue weighted by molar-refractivity contribution is 0.336. The van der Waals surface area contributed by atoms with E-state index in [0.29, 0.717) is 6.61 Å². The van der Waals surface area contributed by atoms with Crippen molar-refractivity contribution in [2.75, 3.05) is 13.2 Å². The fourth-order valence-electron chi connectivity index (χ4n) is 1.34. The molecule has 0 radical (unpaired) electrons. The zero-order chi connectivity index (χ0) is 12.8. The molecule has 0 aliphatic rings. The summed E-state index contributed by atoms with van der Waals surface area (Å²) in [5, 5.41) is 3.28. The lowest BCUT2D eigenvalue weighted by Crippen LogP contribution is -2.14. The van der Waals surface area contributed by atoms with Crippen LogP contribution in [0.3, 0.4) is 0 Å². The van der Waals surface area contributed by atoms with E-state index in [4.69, 9.17) is 4.74 Å². The molecule has 0 spiro atoms. The minimum atomic E-state index is 0.651. The van der Waals surface area contributed by atoms with Crippen LogP contribution in [0, 0.1) is 0 Å². The molecular formula is C12H14Br3NO. The summed E-state index contributed by atoms with van der Waals surface area (Å²) in [6.07, 6.45) is 0. The Morgan fingerprint density at radius 1 is 1.35 bits per heavy atom. The summed E-state index contributed by atoms with van der Waals surface area (Å²) in [6.45, 7) is 7.93. The predicted octanol–water partition coefficient (Wildman–Crippen LogP) is 4.61. The highest BCUT2D eigenvalue weighted by Gasteiger charge is 2.08. The van der Waals surface area contributed by atoms with E-state index in [0.717, 1.165) is 32.3 Å². The van der Waals surface area contributed by atoms with Crippen molar-refractivity contribution in [3.05, 3.63) is 37.7 Å². The van der Waals surface area contributed by atoms with Gasteiger partial charge in [0.2, 0.25) is 0 Å². The van der Waals surface area contributed by atoms with Crippen LogP contribution in [0.2, 0.25) is 0 Å². The molecule has 1 aromatic rings. The van der Waals surface area contributed by atoms with Gasteiger partial charge in [-0.05, 0) is 56.5 Å². The van der Waals surface area contributed by atoms with Crippen LogP contribution >= 0.6 is 47.8 Å². The fourth-order valence-corrected chi connectivity index (χ4v) is 3.05. The van der Waals surface area contributed by atoms with E-state index >= 15 is 0 Å². The van der Waals surface area contributed by atoms with Crippen LogP contribution < -0.4 is 10.1 Å². The lowest BCUT2D eigenvalue weighted by atomic mass is 10.2. The van der Waals surface area contributed by atoms with Crippen molar-refractivity contribution in [1.29, 1.82) is 0 Å². The molecule has 0 aliphatic heterocycles. The summed E-state index contributed by atoms with van der Waals surface area (Å²) in [5.41, 5.74) is 1.18. The summed E-state index contributed by atoms with van der Waals surface area (Å²) in [4.78, 5) is 0. The Morgan fingerprint density at radius 3 is 2.41 bits per heavy atom. The summed E-state index contributed by atoms with van der Waals surface area (Å²) < 4.78 is 8.40. The van der Waals surface area contributed by atoms with Crippen LogP contribution in [0.5, 0.6) is 5.75 Å². The molecule has 0 heterocycles. The highest BCUT2D eigenvalue weighted by molar-refractivity contribution is 9.11. The molecule has 0 amide bonds. The third-order valence-corrected chi connectivity index (χ3v) is 3.45. The molecule has 17 heavy (non-hydrogen) atoms. The van der Waals surface area contributed by atoms with Crippen molar-refractivity contribution in [3.63, 3.8) is 0 Å². The number of rotatable bonds is 6. The van der Waals surface area contributed by atoms with Crippen molar-refractivity contribution >= 4 is 47.8 Å². The molecule has 0 aliphatic carbocycles. The van der Waals surface area contributed by atoms with Crippen molar-refractivity contribution in [3.8, 4) is 5.75 Å². The van der Waals surface area contributed by atoms with Gasteiger partial charge in [0.25, 0.3) is 0 Å². The van der Waals surface area contributed by atoms with Crippen LogP contribution in [0.4, 0.5) is 0 Å². The van der Waals surface area contributed by atoms with Crippen LogP contribution in [-0.2, 0) is 6.54 Å². The molecule has 0 unspecified atom stereocenters. The molecule has 94 valence electrons. The first kappa shape index (κ1) is 15.2. The maximum atomic E-state index is 5.53. The van der Waals surface area contributed by atoms with E-state index in [9.17, 15) is 0 Å². The molecule has 0 aromatic heterocycles. The van der Waals surface area contributed by atoms with Crippen LogP contribution in [-0.4, -0.2) is 13.2 Å². The zero-order valence-electron chi connectivity index (χ0n) is 9.53. The average molecular weight is 428 g/mol. The summed E-state index contributed by atoms with van der Waals surface area (Å²) in [7, 11) is 0. The van der Waals surface area contributed by atoms with Crippen molar-refractivity contribution < 1.29 is 4.74 Å². The topological polar surface area (TPSA) is 21.3 Å². The Hall–Kier alpha value is 0.160. The van der Waals surface area contributed by atoms with E-state index < -0.39 is 0 Å². The Labute approximate surface area is 127 Å². The summed E-state index contributed by atoms with van der Waals surface area (Å²) in [6, 6.07) is 4.11. The van der Waals surface area contributed by atoms with E-state index in [1.807, 2.05) is 6.92 Å². The van der Waals surface area contributed by atoms with Gasteiger partial charge in [-0.1, -0.05) is 22.5 Å². The number of nitrogens with one attached hydrogen (secondary N) is 1. The molecule has 0 bridgehead atoms. The number of benzene rings is 1. The van der Waals surface area contributed by atoms with Crippen LogP contribution in [0.1, 0.15) is 12.5 Å². The molecular weight excluding hydrogens is 414 g/mol. The van der Waals surface area contributed by atoms with Gasteiger partial charge < -0.3 is 10.1 Å². The normalized spacial score (nSPS) is 10.4. The highest BCUT2D eigenvalue weighted by atomic mass is 79.9. The Balaban J connectivity index is 2.72. The first-order chi connectivity index (χ1) is 8.04. The highest BCUT2D eigenvalue weighted by Crippen LogP contribution is 2.34. The van der Waals surface area contributed by atoms with Crippen molar-refractivity contribution in [2.24, 2.45) is 0 Å². The van der Waals surface area contributed by atoms with Gasteiger partial charge in [-0.2, -0.15) is 0 Å².